The monoisotopic (exact) mass is 435 g/mol. The highest BCUT2D eigenvalue weighted by Gasteiger charge is 2.32. The number of hydrogen-bond acceptors (Lipinski definition) is 8. The zero-order valence-corrected chi connectivity index (χ0v) is 16.7. The Hall–Kier alpha value is -3.21. The number of carbonyl (C=O) groups is 1. The summed E-state index contributed by atoms with van der Waals surface area (Å²) in [6.07, 6.45) is -0.0904. The molecule has 1 aliphatic rings. The number of carbonyl (C=O) groups excluding carboxylic acids is 1. The van der Waals surface area contributed by atoms with E-state index in [0.29, 0.717) is 12.0 Å². The van der Waals surface area contributed by atoms with Gasteiger partial charge in [-0.3, -0.25) is 14.9 Å². The number of ether oxygens (including phenoxy) is 1. The Kier molecular flexibility index (Phi) is 7.76. The molecule has 0 aliphatic carbocycles. The fraction of sp³-hybridized carbons (Fsp3) is 0.450. The van der Waals surface area contributed by atoms with Crippen LogP contribution in [0.3, 0.4) is 0 Å². The normalized spacial score (nSPS) is 15.5. The van der Waals surface area contributed by atoms with E-state index in [1.165, 1.54) is 30.6 Å². The molecular formula is C20H23F2N5O4. The van der Waals surface area contributed by atoms with E-state index in [1.54, 1.807) is 0 Å². The Morgan fingerprint density at radius 1 is 1.26 bits per heavy atom. The van der Waals surface area contributed by atoms with E-state index in [4.69, 9.17) is 4.74 Å². The Morgan fingerprint density at radius 3 is 2.58 bits per heavy atom. The van der Waals surface area contributed by atoms with E-state index >= 15 is 0 Å². The van der Waals surface area contributed by atoms with E-state index in [-0.39, 0.29) is 41.7 Å². The average Bonchev–Trinajstić information content (AvgIpc) is 2.78. The number of anilines is 1. The van der Waals surface area contributed by atoms with Gasteiger partial charge in [0.1, 0.15) is 6.33 Å². The molecule has 9 nitrogen and oxygen atoms in total. The van der Waals surface area contributed by atoms with E-state index in [9.17, 15) is 23.7 Å². The van der Waals surface area contributed by atoms with Crippen LogP contribution in [0.2, 0.25) is 0 Å². The third kappa shape index (κ3) is 5.91. The highest BCUT2D eigenvalue weighted by atomic mass is 19.3. The second-order valence-corrected chi connectivity index (χ2v) is 7.26. The number of rotatable bonds is 10. The molecule has 31 heavy (non-hydrogen) atoms. The summed E-state index contributed by atoms with van der Waals surface area (Å²) in [7, 11) is 0. The van der Waals surface area contributed by atoms with Crippen molar-refractivity contribution in [1.82, 2.24) is 15.3 Å². The van der Waals surface area contributed by atoms with Crippen molar-refractivity contribution in [2.24, 2.45) is 5.92 Å². The Bertz CT molecular complexity index is 892. The summed E-state index contributed by atoms with van der Waals surface area (Å²) in [5.41, 5.74) is 0.203. The van der Waals surface area contributed by atoms with Gasteiger partial charge in [-0.1, -0.05) is 24.3 Å². The molecule has 1 saturated heterocycles. The Labute approximate surface area is 177 Å². The van der Waals surface area contributed by atoms with Gasteiger partial charge < -0.3 is 15.4 Å². The average molecular weight is 435 g/mol. The molecule has 2 aromatic rings. The van der Waals surface area contributed by atoms with Crippen LogP contribution >= 0.6 is 0 Å². The zero-order valence-electron chi connectivity index (χ0n) is 16.7. The smallest absolute Gasteiger partial charge is 0.336 e. The van der Waals surface area contributed by atoms with Gasteiger partial charge >= 0.3 is 5.69 Å². The van der Waals surface area contributed by atoms with Crippen LogP contribution in [0.1, 0.15) is 48.6 Å². The zero-order chi connectivity index (χ0) is 22.2. The molecule has 2 heterocycles. The maximum absolute atomic E-state index is 12.7. The number of aromatic nitrogens is 2. The molecule has 1 atom stereocenters. The maximum atomic E-state index is 12.7. The Morgan fingerprint density at radius 2 is 1.97 bits per heavy atom. The molecule has 1 fully saturated rings. The van der Waals surface area contributed by atoms with Crippen LogP contribution in [0.5, 0.6) is 0 Å². The molecule has 1 aromatic heterocycles. The SMILES string of the molecule is O=COC(CC1CCNCC1)c1ncnc(NCc2ccc(C(F)F)cc2)c1[N+](=O)[O-]. The maximum Gasteiger partial charge on any atom is 0.336 e. The number of nitro groups is 1. The molecule has 1 aromatic carbocycles. The van der Waals surface area contributed by atoms with E-state index in [0.717, 1.165) is 25.9 Å². The van der Waals surface area contributed by atoms with Gasteiger partial charge in [0.2, 0.25) is 5.82 Å². The summed E-state index contributed by atoms with van der Waals surface area (Å²) >= 11 is 0. The van der Waals surface area contributed by atoms with Crippen molar-refractivity contribution in [3.63, 3.8) is 0 Å². The summed E-state index contributed by atoms with van der Waals surface area (Å²) in [5.74, 6) is 0.211. The van der Waals surface area contributed by atoms with Crippen molar-refractivity contribution < 1.29 is 23.2 Å². The van der Waals surface area contributed by atoms with Gasteiger partial charge in [0.25, 0.3) is 12.9 Å². The second-order valence-electron chi connectivity index (χ2n) is 7.26. The molecule has 1 aliphatic heterocycles. The molecule has 11 heteroatoms. The molecule has 3 rings (SSSR count). The van der Waals surface area contributed by atoms with Crippen LogP contribution in [0.4, 0.5) is 20.3 Å². The quantitative estimate of drug-likeness (QED) is 0.330. The number of benzene rings is 1. The van der Waals surface area contributed by atoms with E-state index < -0.39 is 17.5 Å². The van der Waals surface area contributed by atoms with Gasteiger partial charge in [-0.15, -0.1) is 0 Å². The minimum atomic E-state index is -2.57. The predicted octanol–water partition coefficient (Wildman–Crippen LogP) is 3.54. The molecule has 0 radical (unpaired) electrons. The largest absolute Gasteiger partial charge is 0.458 e. The molecule has 0 saturated carbocycles. The van der Waals surface area contributed by atoms with Gasteiger partial charge in [0.15, 0.2) is 11.8 Å². The molecular weight excluding hydrogens is 412 g/mol. The van der Waals surface area contributed by atoms with Crippen molar-refractivity contribution >= 4 is 18.0 Å². The van der Waals surface area contributed by atoms with Crippen LogP contribution in [0.25, 0.3) is 0 Å². The number of halogens is 2. The lowest BCUT2D eigenvalue weighted by Gasteiger charge is -2.25. The van der Waals surface area contributed by atoms with Gasteiger partial charge in [0.05, 0.1) is 4.92 Å². The summed E-state index contributed by atoms with van der Waals surface area (Å²) < 4.78 is 30.6. The summed E-state index contributed by atoms with van der Waals surface area (Å²) in [5, 5.41) is 17.9. The summed E-state index contributed by atoms with van der Waals surface area (Å²) in [6.45, 7) is 2.08. The number of nitrogens with one attached hydrogen (secondary N) is 2. The van der Waals surface area contributed by atoms with E-state index in [2.05, 4.69) is 20.6 Å². The van der Waals surface area contributed by atoms with Crippen LogP contribution in [0.15, 0.2) is 30.6 Å². The number of alkyl halides is 2. The fourth-order valence-corrected chi connectivity index (χ4v) is 3.62. The van der Waals surface area contributed by atoms with Crippen molar-refractivity contribution in [1.29, 1.82) is 0 Å². The summed E-state index contributed by atoms with van der Waals surface area (Å²) in [6, 6.07) is 5.62. The molecule has 166 valence electrons. The lowest BCUT2D eigenvalue weighted by molar-refractivity contribution is -0.385. The molecule has 0 bridgehead atoms. The van der Waals surface area contributed by atoms with Crippen molar-refractivity contribution in [2.45, 2.75) is 38.3 Å². The van der Waals surface area contributed by atoms with Crippen LogP contribution in [-0.2, 0) is 16.1 Å². The number of piperidine rings is 1. The lowest BCUT2D eigenvalue weighted by Crippen LogP contribution is -2.29. The van der Waals surface area contributed by atoms with Crippen LogP contribution in [-0.4, -0.2) is 34.5 Å². The van der Waals surface area contributed by atoms with Crippen LogP contribution in [0, 0.1) is 16.0 Å². The highest BCUT2D eigenvalue weighted by Crippen LogP contribution is 2.36. The van der Waals surface area contributed by atoms with Crippen molar-refractivity contribution in [2.75, 3.05) is 18.4 Å². The minimum absolute atomic E-state index is 0.0289. The molecule has 0 amide bonds. The molecule has 2 N–H and O–H groups in total. The van der Waals surface area contributed by atoms with Gasteiger partial charge in [-0.05, 0) is 43.8 Å². The standard InChI is InChI=1S/C20H23F2N5O4/c21-19(22)15-3-1-14(2-4-15)10-24-20-18(27(29)30)17(25-11-26-20)16(31-12-28)9-13-5-7-23-8-6-13/h1-4,11-13,16,19,23H,5-10H2,(H,24,25,26). The highest BCUT2D eigenvalue weighted by molar-refractivity contribution is 5.59. The van der Waals surface area contributed by atoms with E-state index in [1.807, 2.05) is 0 Å². The van der Waals surface area contributed by atoms with Gasteiger partial charge in [-0.2, -0.15) is 0 Å². The molecule has 1 unspecified atom stereocenters. The van der Waals surface area contributed by atoms with Crippen molar-refractivity contribution in [3.05, 3.63) is 57.5 Å². The number of hydrogen-bond donors (Lipinski definition) is 2. The number of nitrogens with zero attached hydrogens (tertiary/aromatic N) is 3. The lowest BCUT2D eigenvalue weighted by atomic mass is 9.90. The third-order valence-corrected chi connectivity index (χ3v) is 5.26. The van der Waals surface area contributed by atoms with Gasteiger partial charge in [0, 0.05) is 12.1 Å². The van der Waals surface area contributed by atoms with Crippen molar-refractivity contribution in [3.8, 4) is 0 Å². The first kappa shape index (κ1) is 22.5. The summed E-state index contributed by atoms with van der Waals surface area (Å²) in [4.78, 5) is 30.3. The molecule has 0 spiro atoms. The first-order chi connectivity index (χ1) is 15.0. The minimum Gasteiger partial charge on any atom is -0.458 e. The fourth-order valence-electron chi connectivity index (χ4n) is 3.62. The first-order valence-electron chi connectivity index (χ1n) is 9.89. The van der Waals surface area contributed by atoms with Crippen LogP contribution < -0.4 is 10.6 Å². The third-order valence-electron chi connectivity index (χ3n) is 5.26. The van der Waals surface area contributed by atoms with Gasteiger partial charge in [-0.25, -0.2) is 18.7 Å². The topological polar surface area (TPSA) is 119 Å². The predicted molar refractivity (Wildman–Crippen MR) is 108 cm³/mol. The second kappa shape index (κ2) is 10.7. The first-order valence-corrected chi connectivity index (χ1v) is 9.89. The Balaban J connectivity index is 1.81.